The van der Waals surface area contributed by atoms with Crippen molar-refractivity contribution in [3.63, 3.8) is 0 Å². The summed E-state index contributed by atoms with van der Waals surface area (Å²) in [7, 11) is 0. The van der Waals surface area contributed by atoms with Crippen molar-refractivity contribution in [3.05, 3.63) is 81.9 Å². The topological polar surface area (TPSA) is 54.5 Å². The van der Waals surface area contributed by atoms with Gasteiger partial charge in [-0.25, -0.2) is 4.98 Å². The fraction of sp³-hybridized carbons (Fsp3) is 0.360. The molecule has 0 atom stereocenters. The quantitative estimate of drug-likeness (QED) is 0.571. The Kier molecular flexibility index (Phi) is 7.12. The molecule has 1 fully saturated rings. The van der Waals surface area contributed by atoms with Gasteiger partial charge < -0.3 is 4.74 Å². The smallest absolute Gasteiger partial charge is 0.257 e. The lowest BCUT2D eigenvalue weighted by atomic mass is 10.0. The van der Waals surface area contributed by atoms with Crippen LogP contribution in [0.4, 0.5) is 5.13 Å². The van der Waals surface area contributed by atoms with Crippen LogP contribution in [0.15, 0.2) is 54.7 Å². The Balaban J connectivity index is 1.32. The molecule has 1 saturated heterocycles. The fourth-order valence-corrected chi connectivity index (χ4v) is 4.46. The number of aromatic nitrogens is 1. The SMILES string of the molecule is CC(C)c1ccc(Cc2cnc(NC(=O)c3ccc(CN4CCOCC4)cc3)s2)cc1. The number of anilines is 1. The lowest BCUT2D eigenvalue weighted by Gasteiger charge is -2.26. The predicted molar refractivity (Wildman–Crippen MR) is 126 cm³/mol. The first-order valence-corrected chi connectivity index (χ1v) is 11.6. The largest absolute Gasteiger partial charge is 0.379 e. The van der Waals surface area contributed by atoms with Crippen molar-refractivity contribution >= 4 is 22.4 Å². The van der Waals surface area contributed by atoms with E-state index in [0.717, 1.165) is 44.1 Å². The maximum absolute atomic E-state index is 12.6. The Bertz CT molecular complexity index is 990. The highest BCUT2D eigenvalue weighted by Gasteiger charge is 2.13. The van der Waals surface area contributed by atoms with Crippen LogP contribution in [0.1, 0.15) is 51.7 Å². The first-order chi connectivity index (χ1) is 15.1. The molecule has 1 N–H and O–H groups in total. The highest BCUT2D eigenvalue weighted by Crippen LogP contribution is 2.23. The molecule has 3 aromatic rings. The maximum atomic E-state index is 12.6. The number of benzene rings is 2. The second-order valence-electron chi connectivity index (χ2n) is 8.24. The predicted octanol–water partition coefficient (Wildman–Crippen LogP) is 4.94. The molecular formula is C25H29N3O2S. The molecule has 0 saturated carbocycles. The first-order valence-electron chi connectivity index (χ1n) is 10.8. The first kappa shape index (κ1) is 21.7. The van der Waals surface area contributed by atoms with E-state index in [2.05, 4.69) is 53.3 Å². The molecule has 2 heterocycles. The molecule has 0 bridgehead atoms. The second-order valence-corrected chi connectivity index (χ2v) is 9.36. The average molecular weight is 436 g/mol. The molecule has 1 amide bonds. The van der Waals surface area contributed by atoms with Crippen molar-refractivity contribution in [1.82, 2.24) is 9.88 Å². The summed E-state index contributed by atoms with van der Waals surface area (Å²) in [5, 5.41) is 3.57. The molecule has 162 valence electrons. The summed E-state index contributed by atoms with van der Waals surface area (Å²) in [6.45, 7) is 8.78. The zero-order chi connectivity index (χ0) is 21.6. The summed E-state index contributed by atoms with van der Waals surface area (Å²) in [6.07, 6.45) is 2.67. The Morgan fingerprint density at radius 3 is 2.42 bits per heavy atom. The fourth-order valence-electron chi connectivity index (χ4n) is 3.62. The van der Waals surface area contributed by atoms with E-state index in [0.29, 0.717) is 16.6 Å². The number of nitrogens with zero attached hydrogens (tertiary/aromatic N) is 2. The van der Waals surface area contributed by atoms with Gasteiger partial charge in [-0.05, 0) is 34.7 Å². The molecule has 1 aliphatic heterocycles. The summed E-state index contributed by atoms with van der Waals surface area (Å²) in [5.41, 5.74) is 4.45. The van der Waals surface area contributed by atoms with Crippen LogP contribution in [0, 0.1) is 0 Å². The van der Waals surface area contributed by atoms with Gasteiger partial charge in [0.2, 0.25) is 0 Å². The van der Waals surface area contributed by atoms with E-state index in [1.807, 2.05) is 30.5 Å². The molecule has 5 nitrogen and oxygen atoms in total. The molecular weight excluding hydrogens is 406 g/mol. The van der Waals surface area contributed by atoms with Crippen molar-refractivity contribution in [2.75, 3.05) is 31.6 Å². The van der Waals surface area contributed by atoms with Gasteiger partial charge in [0.05, 0.1) is 13.2 Å². The van der Waals surface area contributed by atoms with E-state index < -0.39 is 0 Å². The molecule has 0 spiro atoms. The van der Waals surface area contributed by atoms with Gasteiger partial charge in [-0.1, -0.05) is 50.2 Å². The lowest BCUT2D eigenvalue weighted by molar-refractivity contribution is 0.0342. The number of ether oxygens (including phenoxy) is 1. The van der Waals surface area contributed by atoms with Gasteiger partial charge >= 0.3 is 0 Å². The van der Waals surface area contributed by atoms with E-state index in [1.165, 1.54) is 28.0 Å². The molecule has 6 heteroatoms. The number of carbonyl (C=O) groups is 1. The third-order valence-electron chi connectivity index (χ3n) is 5.52. The number of thiazole rings is 1. The number of amides is 1. The lowest BCUT2D eigenvalue weighted by Crippen LogP contribution is -2.35. The molecule has 0 aliphatic carbocycles. The molecule has 1 aliphatic rings. The number of nitrogens with one attached hydrogen (secondary N) is 1. The molecule has 1 aromatic heterocycles. The second kappa shape index (κ2) is 10.2. The van der Waals surface area contributed by atoms with Crippen LogP contribution < -0.4 is 5.32 Å². The molecule has 31 heavy (non-hydrogen) atoms. The zero-order valence-electron chi connectivity index (χ0n) is 18.1. The van der Waals surface area contributed by atoms with Gasteiger partial charge in [0, 0.05) is 42.7 Å². The van der Waals surface area contributed by atoms with Crippen molar-refractivity contribution in [1.29, 1.82) is 0 Å². The number of carbonyl (C=O) groups excluding carboxylic acids is 1. The minimum Gasteiger partial charge on any atom is -0.379 e. The Morgan fingerprint density at radius 1 is 1.06 bits per heavy atom. The van der Waals surface area contributed by atoms with Crippen LogP contribution in [0.3, 0.4) is 0 Å². The maximum Gasteiger partial charge on any atom is 0.257 e. The molecule has 0 radical (unpaired) electrons. The van der Waals surface area contributed by atoms with Gasteiger partial charge in [-0.3, -0.25) is 15.0 Å². The summed E-state index contributed by atoms with van der Waals surface area (Å²) in [4.78, 5) is 20.5. The zero-order valence-corrected chi connectivity index (χ0v) is 19.0. The van der Waals surface area contributed by atoms with Crippen molar-refractivity contribution in [3.8, 4) is 0 Å². The van der Waals surface area contributed by atoms with Crippen LogP contribution in [-0.2, 0) is 17.7 Å². The van der Waals surface area contributed by atoms with E-state index >= 15 is 0 Å². The average Bonchev–Trinajstić information content (AvgIpc) is 3.22. The van der Waals surface area contributed by atoms with Gasteiger partial charge in [0.15, 0.2) is 5.13 Å². The van der Waals surface area contributed by atoms with Crippen LogP contribution in [0.5, 0.6) is 0 Å². The van der Waals surface area contributed by atoms with E-state index in [9.17, 15) is 4.79 Å². The third kappa shape index (κ3) is 6.00. The van der Waals surface area contributed by atoms with E-state index in [4.69, 9.17) is 4.74 Å². The number of rotatable bonds is 7. The minimum atomic E-state index is -0.125. The summed E-state index contributed by atoms with van der Waals surface area (Å²) < 4.78 is 5.39. The standard InChI is InChI=1S/C25H29N3O2S/c1-18(2)21-7-3-19(4-8-21)15-23-16-26-25(31-23)27-24(29)22-9-5-20(6-10-22)17-28-11-13-30-14-12-28/h3-10,16,18H,11-15,17H2,1-2H3,(H,26,27,29). The summed E-state index contributed by atoms with van der Waals surface area (Å²) in [5.74, 6) is 0.410. The minimum absolute atomic E-state index is 0.125. The summed E-state index contributed by atoms with van der Waals surface area (Å²) in [6, 6.07) is 16.5. The Labute approximate surface area is 188 Å². The van der Waals surface area contributed by atoms with Gasteiger partial charge in [0.1, 0.15) is 0 Å². The monoisotopic (exact) mass is 435 g/mol. The van der Waals surface area contributed by atoms with Crippen LogP contribution >= 0.6 is 11.3 Å². The molecule has 4 rings (SSSR count). The van der Waals surface area contributed by atoms with Crippen molar-refractivity contribution in [2.45, 2.75) is 32.7 Å². The third-order valence-corrected chi connectivity index (χ3v) is 6.44. The van der Waals surface area contributed by atoms with E-state index in [1.54, 1.807) is 0 Å². The Hall–Kier alpha value is -2.54. The van der Waals surface area contributed by atoms with Gasteiger partial charge in [-0.15, -0.1) is 11.3 Å². The number of morpholine rings is 1. The highest BCUT2D eigenvalue weighted by atomic mass is 32.1. The normalized spacial score (nSPS) is 14.7. The summed E-state index contributed by atoms with van der Waals surface area (Å²) >= 11 is 1.53. The number of hydrogen-bond acceptors (Lipinski definition) is 5. The van der Waals surface area contributed by atoms with Gasteiger partial charge in [-0.2, -0.15) is 0 Å². The van der Waals surface area contributed by atoms with Crippen LogP contribution in [0.2, 0.25) is 0 Å². The van der Waals surface area contributed by atoms with Crippen LogP contribution in [-0.4, -0.2) is 42.1 Å². The van der Waals surface area contributed by atoms with E-state index in [-0.39, 0.29) is 5.91 Å². The molecule has 0 unspecified atom stereocenters. The number of hydrogen-bond donors (Lipinski definition) is 1. The highest BCUT2D eigenvalue weighted by molar-refractivity contribution is 7.15. The Morgan fingerprint density at radius 2 is 1.74 bits per heavy atom. The van der Waals surface area contributed by atoms with Crippen LogP contribution in [0.25, 0.3) is 0 Å². The van der Waals surface area contributed by atoms with Crippen molar-refractivity contribution in [2.24, 2.45) is 0 Å². The molecule has 2 aromatic carbocycles. The van der Waals surface area contributed by atoms with Gasteiger partial charge in [0.25, 0.3) is 5.91 Å². The van der Waals surface area contributed by atoms with Crippen molar-refractivity contribution < 1.29 is 9.53 Å².